The molecule has 3 rings (SSSR count). The van der Waals surface area contributed by atoms with Crippen LogP contribution in [0.1, 0.15) is 41.9 Å². The van der Waals surface area contributed by atoms with Crippen LogP contribution in [0.25, 0.3) is 0 Å². The van der Waals surface area contributed by atoms with Gasteiger partial charge in [0.1, 0.15) is 11.6 Å². The molecule has 0 amide bonds. The predicted molar refractivity (Wildman–Crippen MR) is 94.9 cm³/mol. The molecule has 21 heavy (non-hydrogen) atoms. The average molecular weight is 393 g/mol. The SMILES string of the molecule is CCc1nc(C2CCc3ccccc3C2)nc(NC)c1I. The van der Waals surface area contributed by atoms with Crippen LogP contribution >= 0.6 is 22.6 Å². The van der Waals surface area contributed by atoms with Crippen LogP contribution in [0.3, 0.4) is 0 Å². The molecule has 0 saturated heterocycles. The van der Waals surface area contributed by atoms with Gasteiger partial charge in [-0.25, -0.2) is 9.97 Å². The Hall–Kier alpha value is -1.17. The molecule has 0 spiro atoms. The number of hydrogen-bond acceptors (Lipinski definition) is 3. The Kier molecular flexibility index (Phi) is 4.42. The normalized spacial score (nSPS) is 17.4. The summed E-state index contributed by atoms with van der Waals surface area (Å²) in [6.45, 7) is 2.16. The van der Waals surface area contributed by atoms with Gasteiger partial charge in [0.15, 0.2) is 0 Å². The Morgan fingerprint density at radius 3 is 2.71 bits per heavy atom. The number of anilines is 1. The number of rotatable bonds is 3. The van der Waals surface area contributed by atoms with Gasteiger partial charge >= 0.3 is 0 Å². The Morgan fingerprint density at radius 2 is 2.00 bits per heavy atom. The fourth-order valence-electron chi connectivity index (χ4n) is 3.01. The van der Waals surface area contributed by atoms with Crippen molar-refractivity contribution < 1.29 is 0 Å². The van der Waals surface area contributed by atoms with Gasteiger partial charge in [0.25, 0.3) is 0 Å². The summed E-state index contributed by atoms with van der Waals surface area (Å²) in [4.78, 5) is 9.60. The molecular weight excluding hydrogens is 373 g/mol. The molecule has 1 aliphatic rings. The number of hydrogen-bond donors (Lipinski definition) is 1. The number of aryl methyl sites for hydroxylation is 2. The molecule has 110 valence electrons. The second-order valence-electron chi connectivity index (χ2n) is 5.50. The maximum absolute atomic E-state index is 4.84. The molecule has 1 atom stereocenters. The molecule has 0 radical (unpaired) electrons. The molecule has 0 fully saturated rings. The maximum atomic E-state index is 4.84. The van der Waals surface area contributed by atoms with Gasteiger partial charge in [-0.2, -0.15) is 0 Å². The monoisotopic (exact) mass is 393 g/mol. The molecule has 0 saturated carbocycles. The Bertz CT molecular complexity index is 629. The zero-order valence-electron chi connectivity index (χ0n) is 12.5. The lowest BCUT2D eigenvalue weighted by Crippen LogP contribution is -2.17. The van der Waals surface area contributed by atoms with E-state index in [0.29, 0.717) is 5.92 Å². The highest BCUT2D eigenvalue weighted by Gasteiger charge is 2.23. The number of aromatic nitrogens is 2. The third-order valence-corrected chi connectivity index (χ3v) is 5.35. The molecule has 0 bridgehead atoms. The van der Waals surface area contributed by atoms with Crippen molar-refractivity contribution >= 4 is 28.4 Å². The lowest BCUT2D eigenvalue weighted by atomic mass is 9.83. The van der Waals surface area contributed by atoms with E-state index in [2.05, 4.69) is 59.1 Å². The first-order chi connectivity index (χ1) is 10.2. The summed E-state index contributed by atoms with van der Waals surface area (Å²) in [7, 11) is 1.93. The second kappa shape index (κ2) is 6.30. The van der Waals surface area contributed by atoms with Gasteiger partial charge in [0.2, 0.25) is 0 Å². The molecule has 1 unspecified atom stereocenters. The summed E-state index contributed by atoms with van der Waals surface area (Å²) in [6.07, 6.45) is 4.28. The van der Waals surface area contributed by atoms with E-state index in [4.69, 9.17) is 9.97 Å². The topological polar surface area (TPSA) is 37.8 Å². The van der Waals surface area contributed by atoms with Crippen LogP contribution in [0.15, 0.2) is 24.3 Å². The minimum atomic E-state index is 0.439. The van der Waals surface area contributed by atoms with Crippen LogP contribution in [0, 0.1) is 3.57 Å². The van der Waals surface area contributed by atoms with E-state index < -0.39 is 0 Å². The first-order valence-electron chi connectivity index (χ1n) is 7.53. The van der Waals surface area contributed by atoms with E-state index in [1.54, 1.807) is 0 Å². The lowest BCUT2D eigenvalue weighted by molar-refractivity contribution is 0.552. The number of nitrogens with one attached hydrogen (secondary N) is 1. The molecule has 1 aromatic heterocycles. The van der Waals surface area contributed by atoms with Crippen LogP contribution in [-0.4, -0.2) is 17.0 Å². The first kappa shape index (κ1) is 14.8. The van der Waals surface area contributed by atoms with Gasteiger partial charge in [-0.1, -0.05) is 31.2 Å². The molecule has 1 aromatic carbocycles. The van der Waals surface area contributed by atoms with E-state index in [9.17, 15) is 0 Å². The largest absolute Gasteiger partial charge is 0.372 e. The highest BCUT2D eigenvalue weighted by Crippen LogP contribution is 2.32. The van der Waals surface area contributed by atoms with Gasteiger partial charge in [0.05, 0.1) is 9.26 Å². The molecule has 3 nitrogen and oxygen atoms in total. The number of halogens is 1. The van der Waals surface area contributed by atoms with Crippen LogP contribution in [0.5, 0.6) is 0 Å². The minimum Gasteiger partial charge on any atom is -0.372 e. The second-order valence-corrected chi connectivity index (χ2v) is 6.58. The Morgan fingerprint density at radius 1 is 1.24 bits per heavy atom. The van der Waals surface area contributed by atoms with Crippen LogP contribution < -0.4 is 5.32 Å². The Balaban J connectivity index is 1.95. The summed E-state index contributed by atoms with van der Waals surface area (Å²) >= 11 is 2.34. The van der Waals surface area contributed by atoms with Crippen molar-refractivity contribution in [3.8, 4) is 0 Å². The van der Waals surface area contributed by atoms with E-state index in [1.165, 1.54) is 11.1 Å². The molecule has 1 N–H and O–H groups in total. The van der Waals surface area contributed by atoms with E-state index in [0.717, 1.165) is 46.6 Å². The quantitative estimate of drug-likeness (QED) is 0.803. The molecular formula is C17H20IN3. The zero-order valence-corrected chi connectivity index (χ0v) is 14.6. The van der Waals surface area contributed by atoms with Gasteiger partial charge in [-0.3, -0.25) is 0 Å². The van der Waals surface area contributed by atoms with Crippen molar-refractivity contribution in [2.75, 3.05) is 12.4 Å². The van der Waals surface area contributed by atoms with E-state index >= 15 is 0 Å². The average Bonchev–Trinajstić information content (AvgIpc) is 2.54. The summed E-state index contributed by atoms with van der Waals surface area (Å²) in [5.74, 6) is 2.41. The highest BCUT2D eigenvalue weighted by atomic mass is 127. The molecule has 4 heteroatoms. The standard InChI is InChI=1S/C17H20IN3/c1-3-14-15(18)17(19-2)21-16(20-14)13-9-8-11-6-4-5-7-12(11)10-13/h4-7,13H,3,8-10H2,1-2H3,(H,19,20,21). The van der Waals surface area contributed by atoms with Crippen molar-refractivity contribution in [3.63, 3.8) is 0 Å². The van der Waals surface area contributed by atoms with Gasteiger partial charge in [0, 0.05) is 13.0 Å². The van der Waals surface area contributed by atoms with Crippen molar-refractivity contribution in [2.45, 2.75) is 38.5 Å². The molecule has 1 aliphatic carbocycles. The minimum absolute atomic E-state index is 0.439. The summed E-state index contributed by atoms with van der Waals surface area (Å²) in [6, 6.07) is 8.76. The zero-order chi connectivity index (χ0) is 14.8. The van der Waals surface area contributed by atoms with Crippen LogP contribution in [0.4, 0.5) is 5.82 Å². The number of nitrogens with zero attached hydrogens (tertiary/aromatic N) is 2. The lowest BCUT2D eigenvalue weighted by Gasteiger charge is -2.24. The van der Waals surface area contributed by atoms with Crippen molar-refractivity contribution in [2.24, 2.45) is 0 Å². The van der Waals surface area contributed by atoms with Gasteiger partial charge in [-0.15, -0.1) is 0 Å². The third-order valence-electron chi connectivity index (χ3n) is 4.22. The van der Waals surface area contributed by atoms with Crippen molar-refractivity contribution in [1.82, 2.24) is 9.97 Å². The molecule has 1 heterocycles. The van der Waals surface area contributed by atoms with E-state index in [1.807, 2.05) is 7.05 Å². The van der Waals surface area contributed by atoms with E-state index in [-0.39, 0.29) is 0 Å². The predicted octanol–water partition coefficient (Wildman–Crippen LogP) is 3.96. The maximum Gasteiger partial charge on any atom is 0.143 e. The van der Waals surface area contributed by atoms with Crippen LogP contribution in [-0.2, 0) is 19.3 Å². The van der Waals surface area contributed by atoms with Crippen molar-refractivity contribution in [1.29, 1.82) is 0 Å². The summed E-state index contributed by atoms with van der Waals surface area (Å²) in [5, 5.41) is 3.21. The van der Waals surface area contributed by atoms with Crippen LogP contribution in [0.2, 0.25) is 0 Å². The summed E-state index contributed by atoms with van der Waals surface area (Å²) < 4.78 is 1.15. The third kappa shape index (κ3) is 2.91. The number of benzene rings is 1. The number of fused-ring (bicyclic) bond motifs is 1. The summed E-state index contributed by atoms with van der Waals surface area (Å²) in [5.41, 5.74) is 4.10. The smallest absolute Gasteiger partial charge is 0.143 e. The first-order valence-corrected chi connectivity index (χ1v) is 8.61. The highest BCUT2D eigenvalue weighted by molar-refractivity contribution is 14.1. The Labute approximate surface area is 139 Å². The fraction of sp³-hybridized carbons (Fsp3) is 0.412. The molecule has 2 aromatic rings. The van der Waals surface area contributed by atoms with Crippen molar-refractivity contribution in [3.05, 3.63) is 50.5 Å². The molecule has 0 aliphatic heterocycles. The fourth-order valence-corrected chi connectivity index (χ4v) is 3.91. The van der Waals surface area contributed by atoms with Gasteiger partial charge in [-0.05, 0) is 59.4 Å². The van der Waals surface area contributed by atoms with Gasteiger partial charge < -0.3 is 5.32 Å².